The number of carboxylic acids is 1. The van der Waals surface area contributed by atoms with E-state index in [-0.39, 0.29) is 55.5 Å². The maximum atomic E-state index is 13.5. The van der Waals surface area contributed by atoms with E-state index in [1.54, 1.807) is 0 Å². The molecule has 0 unspecified atom stereocenters. The summed E-state index contributed by atoms with van der Waals surface area (Å²) < 4.78 is 11.4. The van der Waals surface area contributed by atoms with Crippen molar-refractivity contribution in [1.82, 2.24) is 0 Å². The van der Waals surface area contributed by atoms with Crippen molar-refractivity contribution in [3.05, 3.63) is 79.8 Å². The number of aromatic hydroxyl groups is 2. The molecule has 0 amide bonds. The highest BCUT2D eigenvalue weighted by molar-refractivity contribution is 6.18. The monoisotopic (exact) mass is 500 g/mol. The van der Waals surface area contributed by atoms with Gasteiger partial charge < -0.3 is 24.2 Å². The van der Waals surface area contributed by atoms with E-state index in [0.717, 1.165) is 25.3 Å². The van der Waals surface area contributed by atoms with Crippen molar-refractivity contribution in [3.8, 4) is 22.6 Å². The van der Waals surface area contributed by atoms with E-state index < -0.39 is 45.1 Å². The van der Waals surface area contributed by atoms with Gasteiger partial charge in [0, 0.05) is 17.2 Å². The van der Waals surface area contributed by atoms with Gasteiger partial charge in [0.2, 0.25) is 10.9 Å². The average Bonchev–Trinajstić information content (AvgIpc) is 2.83. The topological polar surface area (TPSA) is 172 Å². The molecule has 0 aliphatic heterocycles. The molecule has 0 aliphatic rings. The molecular formula is C27H16O10. The number of hydrogen-bond acceptors (Lipinski definition) is 9. The van der Waals surface area contributed by atoms with Crippen molar-refractivity contribution in [2.75, 3.05) is 0 Å². The number of rotatable bonds is 4. The number of ketones is 2. The minimum atomic E-state index is -1.58. The number of carbonyl (C=O) groups excluding carboxylic acids is 2. The molecule has 0 spiro atoms. The van der Waals surface area contributed by atoms with E-state index in [9.17, 15) is 39.3 Å². The summed E-state index contributed by atoms with van der Waals surface area (Å²) in [6, 6.07) is 7.18. The van der Waals surface area contributed by atoms with Crippen LogP contribution in [-0.2, 0) is 0 Å². The highest BCUT2D eigenvalue weighted by Crippen LogP contribution is 2.36. The molecule has 10 nitrogen and oxygen atoms in total. The Morgan fingerprint density at radius 1 is 0.811 bits per heavy atom. The van der Waals surface area contributed by atoms with Crippen molar-refractivity contribution in [1.29, 1.82) is 0 Å². The van der Waals surface area contributed by atoms with Crippen molar-refractivity contribution < 1.29 is 38.5 Å². The van der Waals surface area contributed by atoms with Crippen molar-refractivity contribution in [2.45, 2.75) is 13.8 Å². The SMILES string of the molecule is CC(=O)c1cc2c(=O)c3c(C(=O)O)c(O)ccc3oc2c(C(C)=O)c1-c1coc2cc(O)ccc2c1=O. The van der Waals surface area contributed by atoms with Crippen LogP contribution < -0.4 is 10.9 Å². The molecule has 2 aromatic heterocycles. The van der Waals surface area contributed by atoms with Crippen LogP contribution in [0.3, 0.4) is 0 Å². The third kappa shape index (κ3) is 3.46. The predicted octanol–water partition coefficient (Wildman–Crippen LogP) is 4.23. The molecule has 0 fully saturated rings. The van der Waals surface area contributed by atoms with Gasteiger partial charge in [-0.05, 0) is 44.2 Å². The van der Waals surface area contributed by atoms with E-state index in [1.165, 1.54) is 31.2 Å². The van der Waals surface area contributed by atoms with Gasteiger partial charge in [-0.3, -0.25) is 19.2 Å². The zero-order valence-corrected chi connectivity index (χ0v) is 19.2. The molecule has 10 heteroatoms. The van der Waals surface area contributed by atoms with Gasteiger partial charge in [-0.2, -0.15) is 0 Å². The fraction of sp³-hybridized carbons (Fsp3) is 0.0741. The molecule has 37 heavy (non-hydrogen) atoms. The molecule has 0 saturated carbocycles. The standard InChI is InChI=1S/C27H16O10/c1-10(28)14-8-15-25(33)23-18(6-5-17(31)22(23)27(34)35)37-26(15)20(11(2)29)21(14)16-9-36-19-7-12(30)3-4-13(19)24(16)32/h3-9,30-31H,1-2H3,(H,34,35). The van der Waals surface area contributed by atoms with Gasteiger partial charge >= 0.3 is 5.97 Å². The molecule has 0 bridgehead atoms. The Morgan fingerprint density at radius 3 is 2.19 bits per heavy atom. The second kappa shape index (κ2) is 8.16. The fourth-order valence-corrected chi connectivity index (χ4v) is 4.47. The summed E-state index contributed by atoms with van der Waals surface area (Å²) in [5.74, 6) is -3.62. The summed E-state index contributed by atoms with van der Waals surface area (Å²) in [7, 11) is 0. The third-order valence-corrected chi connectivity index (χ3v) is 6.08. The van der Waals surface area contributed by atoms with E-state index in [2.05, 4.69) is 0 Å². The highest BCUT2D eigenvalue weighted by atomic mass is 16.4. The molecule has 184 valence electrons. The molecule has 5 aromatic rings. The van der Waals surface area contributed by atoms with Crippen LogP contribution in [0.2, 0.25) is 0 Å². The summed E-state index contributed by atoms with van der Waals surface area (Å²) >= 11 is 0. The summed E-state index contributed by atoms with van der Waals surface area (Å²) in [5.41, 5.74) is -3.30. The van der Waals surface area contributed by atoms with Gasteiger partial charge in [0.15, 0.2) is 11.6 Å². The molecule has 5 rings (SSSR count). The second-order valence-electron chi connectivity index (χ2n) is 8.39. The Morgan fingerprint density at radius 2 is 1.54 bits per heavy atom. The molecule has 0 atom stereocenters. The lowest BCUT2D eigenvalue weighted by molar-refractivity contribution is 0.0695. The lowest BCUT2D eigenvalue weighted by atomic mass is 9.88. The summed E-state index contributed by atoms with van der Waals surface area (Å²) in [6.07, 6.45) is 1.05. The lowest BCUT2D eigenvalue weighted by Crippen LogP contribution is -2.15. The molecule has 0 saturated heterocycles. The van der Waals surface area contributed by atoms with Crippen LogP contribution >= 0.6 is 0 Å². The first-order valence-corrected chi connectivity index (χ1v) is 10.8. The van der Waals surface area contributed by atoms with E-state index in [4.69, 9.17) is 8.83 Å². The Bertz CT molecular complexity index is 1970. The van der Waals surface area contributed by atoms with Crippen molar-refractivity contribution >= 4 is 50.4 Å². The second-order valence-corrected chi connectivity index (χ2v) is 8.39. The number of aromatic carboxylic acids is 1. The number of carboxylic acid groups (broad SMARTS) is 1. The number of phenols is 2. The van der Waals surface area contributed by atoms with Gasteiger partial charge in [-0.25, -0.2) is 4.79 Å². The minimum Gasteiger partial charge on any atom is -0.508 e. The van der Waals surface area contributed by atoms with Crippen LogP contribution in [0.25, 0.3) is 44.0 Å². The van der Waals surface area contributed by atoms with Crippen LogP contribution in [0.5, 0.6) is 11.5 Å². The van der Waals surface area contributed by atoms with Gasteiger partial charge in [-0.1, -0.05) is 0 Å². The number of Topliss-reactive ketones (excluding diaryl/α,β-unsaturated/α-hetero) is 2. The lowest BCUT2D eigenvalue weighted by Gasteiger charge is -2.15. The number of phenolic OH excluding ortho intramolecular Hbond substituents is 1. The predicted molar refractivity (Wildman–Crippen MR) is 132 cm³/mol. The maximum Gasteiger partial charge on any atom is 0.340 e. The number of carbonyl (C=O) groups is 3. The summed E-state index contributed by atoms with van der Waals surface area (Å²) in [4.78, 5) is 64.3. The Balaban J connectivity index is 2.02. The molecule has 2 heterocycles. The number of benzene rings is 3. The van der Waals surface area contributed by atoms with Crippen LogP contribution in [0.15, 0.2) is 61.1 Å². The van der Waals surface area contributed by atoms with Crippen molar-refractivity contribution in [3.63, 3.8) is 0 Å². The Kier molecular flexibility index (Phi) is 5.18. The van der Waals surface area contributed by atoms with Gasteiger partial charge in [0.1, 0.15) is 40.1 Å². The van der Waals surface area contributed by atoms with Gasteiger partial charge in [0.05, 0.1) is 27.3 Å². The number of fused-ring (bicyclic) bond motifs is 3. The molecule has 3 aromatic carbocycles. The van der Waals surface area contributed by atoms with Gasteiger partial charge in [-0.15, -0.1) is 0 Å². The largest absolute Gasteiger partial charge is 0.508 e. The maximum absolute atomic E-state index is 13.5. The van der Waals surface area contributed by atoms with E-state index in [1.807, 2.05) is 0 Å². The minimum absolute atomic E-state index is 0.0703. The van der Waals surface area contributed by atoms with E-state index in [0.29, 0.717) is 0 Å². The highest BCUT2D eigenvalue weighted by Gasteiger charge is 2.28. The summed E-state index contributed by atoms with van der Waals surface area (Å²) in [6.45, 7) is 2.33. The van der Waals surface area contributed by atoms with Crippen LogP contribution in [-0.4, -0.2) is 32.9 Å². The number of hydrogen-bond donors (Lipinski definition) is 3. The Labute approximate surface area is 205 Å². The molecule has 3 N–H and O–H groups in total. The van der Waals surface area contributed by atoms with E-state index >= 15 is 0 Å². The molecule has 0 radical (unpaired) electrons. The first-order valence-electron chi connectivity index (χ1n) is 10.8. The molecule has 0 aliphatic carbocycles. The smallest absolute Gasteiger partial charge is 0.340 e. The summed E-state index contributed by atoms with van der Waals surface area (Å²) in [5, 5.41) is 28.7. The van der Waals surface area contributed by atoms with Crippen LogP contribution in [0.4, 0.5) is 0 Å². The van der Waals surface area contributed by atoms with Crippen molar-refractivity contribution in [2.24, 2.45) is 0 Å². The quantitative estimate of drug-likeness (QED) is 0.239. The zero-order chi connectivity index (χ0) is 26.8. The third-order valence-electron chi connectivity index (χ3n) is 6.08. The normalized spacial score (nSPS) is 11.3. The zero-order valence-electron chi connectivity index (χ0n) is 19.2. The molecular weight excluding hydrogens is 484 g/mol. The first kappa shape index (κ1) is 23.5. The Hall–Kier alpha value is -5.25. The average molecular weight is 500 g/mol. The van der Waals surface area contributed by atoms with Gasteiger partial charge in [0.25, 0.3) is 0 Å². The van der Waals surface area contributed by atoms with Crippen LogP contribution in [0, 0.1) is 0 Å². The van der Waals surface area contributed by atoms with Crippen LogP contribution in [0.1, 0.15) is 44.9 Å². The first-order chi connectivity index (χ1) is 17.5. The fourth-order valence-electron chi connectivity index (χ4n) is 4.47.